The molecule has 0 aliphatic carbocycles. The number of carboxylic acids is 1. The van der Waals surface area contributed by atoms with Gasteiger partial charge in [-0.15, -0.1) is 22.0 Å². The van der Waals surface area contributed by atoms with E-state index in [2.05, 4.69) is 36.0 Å². The average Bonchev–Trinajstić information content (AvgIpc) is 3.49. The van der Waals surface area contributed by atoms with Crippen LogP contribution < -0.4 is 15.5 Å². The summed E-state index contributed by atoms with van der Waals surface area (Å²) in [5.74, 6) is -1.42. The molecule has 14 nitrogen and oxygen atoms in total. The van der Waals surface area contributed by atoms with Crippen molar-refractivity contribution in [3.63, 3.8) is 0 Å². The molecule has 2 unspecified atom stereocenters. The highest BCUT2D eigenvalue weighted by Crippen LogP contribution is 2.44. The molecule has 0 spiro atoms. The van der Waals surface area contributed by atoms with Gasteiger partial charge < -0.3 is 25.5 Å². The minimum Gasteiger partial charge on any atom is -0.481 e. The van der Waals surface area contributed by atoms with E-state index in [1.807, 2.05) is 0 Å². The first kappa shape index (κ1) is 27.5. The number of hydrogen-bond donors (Lipinski definition) is 3. The molecule has 2 aliphatic heterocycles. The zero-order valence-corrected chi connectivity index (χ0v) is 22.8. The van der Waals surface area contributed by atoms with Crippen LogP contribution in [0.3, 0.4) is 0 Å². The summed E-state index contributed by atoms with van der Waals surface area (Å²) in [7, 11) is 0. The van der Waals surface area contributed by atoms with E-state index in [0.29, 0.717) is 16.5 Å². The molecule has 0 radical (unpaired) electrons. The van der Waals surface area contributed by atoms with Crippen LogP contribution in [0.1, 0.15) is 5.82 Å². The largest absolute Gasteiger partial charge is 0.481 e. The third-order valence-corrected chi connectivity index (χ3v) is 9.71. The molecule has 3 amide bonds. The number of amides is 3. The number of β-lactam (4-membered cyclic amide) rings is 1. The van der Waals surface area contributed by atoms with Gasteiger partial charge in [0, 0.05) is 24.2 Å². The Morgan fingerprint density at radius 3 is 2.85 bits per heavy atom. The molecule has 2 fully saturated rings. The lowest BCUT2D eigenvalue weighted by molar-refractivity contribution is -0.157. The summed E-state index contributed by atoms with van der Waals surface area (Å²) in [5.41, 5.74) is 0.0627. The first-order valence-electron chi connectivity index (χ1n) is 11.6. The van der Waals surface area contributed by atoms with E-state index in [-0.39, 0.29) is 35.4 Å². The number of fused-ring (bicyclic) bond motifs is 1. The monoisotopic (exact) mass is 600 g/mol. The van der Waals surface area contributed by atoms with Gasteiger partial charge in [-0.25, -0.2) is 9.97 Å². The minimum absolute atomic E-state index is 0.00239. The molecule has 206 valence electrons. The second-order valence-corrected chi connectivity index (χ2v) is 11.7. The molecule has 17 heteroatoms. The van der Waals surface area contributed by atoms with Crippen molar-refractivity contribution in [3.8, 4) is 5.75 Å². The van der Waals surface area contributed by atoms with Crippen LogP contribution in [0.5, 0.6) is 5.75 Å². The number of para-hydroxylation sites is 1. The number of benzene rings is 1. The third-order valence-electron chi connectivity index (χ3n) is 5.97. The van der Waals surface area contributed by atoms with Gasteiger partial charge in [0.15, 0.2) is 15.9 Å². The van der Waals surface area contributed by atoms with Gasteiger partial charge in [-0.3, -0.25) is 19.2 Å². The summed E-state index contributed by atoms with van der Waals surface area (Å²) in [5, 5.41) is 26.2. The normalized spacial score (nSPS) is 22.1. The molecule has 5 rings (SSSR count). The van der Waals surface area contributed by atoms with Crippen molar-refractivity contribution in [1.29, 1.82) is 0 Å². The van der Waals surface area contributed by atoms with Crippen LogP contribution in [0.2, 0.25) is 0 Å². The van der Waals surface area contributed by atoms with Crippen LogP contribution in [0.25, 0.3) is 0 Å². The maximum Gasteiger partial charge on any atom is 0.313 e. The summed E-state index contributed by atoms with van der Waals surface area (Å²) in [6, 6.07) is 9.00. The van der Waals surface area contributed by atoms with Crippen LogP contribution in [-0.4, -0.2) is 89.5 Å². The summed E-state index contributed by atoms with van der Waals surface area (Å²) in [4.78, 5) is 64.6. The van der Waals surface area contributed by atoms with Crippen molar-refractivity contribution in [1.82, 2.24) is 30.4 Å². The first-order chi connectivity index (χ1) is 19.4. The van der Waals surface area contributed by atoms with Crippen molar-refractivity contribution < 1.29 is 29.1 Å². The molecule has 1 aromatic carbocycles. The SMILES string of the molecule is O=CNc1ccnc(C(=NOc2ccccc2)C(=O)NC2C(=O)N3CC(CSc4nncs4)(C(=O)O)CS[C@H]23)n1. The predicted octanol–water partition coefficient (Wildman–Crippen LogP) is 0.943. The van der Waals surface area contributed by atoms with Crippen molar-refractivity contribution in [2.75, 3.05) is 23.4 Å². The second-order valence-electron chi connectivity index (χ2n) is 8.57. The van der Waals surface area contributed by atoms with Crippen molar-refractivity contribution in [3.05, 3.63) is 53.9 Å². The number of carbonyl (C=O) groups is 4. The van der Waals surface area contributed by atoms with Gasteiger partial charge in [0.05, 0.1) is 0 Å². The molecule has 3 aromatic rings. The highest BCUT2D eigenvalue weighted by Gasteiger charge is 2.57. The van der Waals surface area contributed by atoms with Crippen molar-refractivity contribution in [2.45, 2.75) is 15.8 Å². The Balaban J connectivity index is 1.31. The molecule has 2 aliphatic rings. The standard InChI is InChI=1S/C23H20N8O6S3/c32-11-25-14-6-7-24-17(27-14)15(30-37-13-4-2-1-3-5-13)18(33)28-16-19(34)31-8-23(21(35)36,9-38-20(16)31)10-39-22-29-26-12-40-22/h1-7,11-12,16,20H,8-10H2,(H,28,33)(H,35,36)(H,24,25,27,32)/t16?,20-,23?/m1/s1. The molecule has 4 heterocycles. The van der Waals surface area contributed by atoms with E-state index in [1.165, 1.54) is 52.0 Å². The summed E-state index contributed by atoms with van der Waals surface area (Å²) >= 11 is 3.87. The predicted molar refractivity (Wildman–Crippen MR) is 146 cm³/mol. The maximum atomic E-state index is 13.3. The van der Waals surface area contributed by atoms with Crippen LogP contribution in [-0.2, 0) is 19.2 Å². The Kier molecular flexibility index (Phi) is 8.22. The Labute approximate surface area is 239 Å². The van der Waals surface area contributed by atoms with Crippen molar-refractivity contribution >= 4 is 70.6 Å². The van der Waals surface area contributed by atoms with Gasteiger partial charge >= 0.3 is 5.97 Å². The van der Waals surface area contributed by atoms with Crippen LogP contribution >= 0.6 is 34.9 Å². The number of hydrogen-bond acceptors (Lipinski definition) is 13. The number of aromatic nitrogens is 4. The van der Waals surface area contributed by atoms with Gasteiger partial charge in [-0.05, 0) is 18.2 Å². The Bertz CT molecular complexity index is 1440. The number of carboxylic acid groups (broad SMARTS) is 1. The van der Waals surface area contributed by atoms with E-state index in [4.69, 9.17) is 4.84 Å². The Morgan fingerprint density at radius 1 is 1.30 bits per heavy atom. The van der Waals surface area contributed by atoms with Crippen LogP contribution in [0, 0.1) is 5.41 Å². The maximum absolute atomic E-state index is 13.3. The molecule has 3 atom stereocenters. The topological polar surface area (TPSA) is 189 Å². The fourth-order valence-corrected chi connectivity index (χ4v) is 7.27. The van der Waals surface area contributed by atoms with Crippen LogP contribution in [0.4, 0.5) is 5.82 Å². The van der Waals surface area contributed by atoms with E-state index in [9.17, 15) is 24.3 Å². The zero-order valence-electron chi connectivity index (χ0n) is 20.4. The Morgan fingerprint density at radius 2 is 2.12 bits per heavy atom. The van der Waals surface area contributed by atoms with E-state index < -0.39 is 34.6 Å². The summed E-state index contributed by atoms with van der Waals surface area (Å²) in [6.45, 7) is -0.00239. The molecule has 40 heavy (non-hydrogen) atoms. The fraction of sp³-hybridized carbons (Fsp3) is 0.261. The van der Waals surface area contributed by atoms with Gasteiger partial charge in [0.2, 0.25) is 18.0 Å². The van der Waals surface area contributed by atoms with Crippen LogP contribution in [0.15, 0.2) is 57.6 Å². The Hall–Kier alpha value is -4.09. The molecular formula is C23H20N8O6S3. The summed E-state index contributed by atoms with van der Waals surface area (Å²) < 4.78 is 0.645. The lowest BCUT2D eigenvalue weighted by Crippen LogP contribution is -2.74. The van der Waals surface area contributed by atoms with Gasteiger partial charge in [0.1, 0.15) is 28.2 Å². The van der Waals surface area contributed by atoms with E-state index in [0.717, 1.165) is 0 Å². The lowest BCUT2D eigenvalue weighted by Gasteiger charge is -2.53. The molecular weight excluding hydrogens is 581 g/mol. The quantitative estimate of drug-likeness (QED) is 0.0930. The zero-order chi connectivity index (χ0) is 28.1. The third kappa shape index (κ3) is 5.75. The second kappa shape index (κ2) is 12.0. The van der Waals surface area contributed by atoms with Crippen molar-refractivity contribution in [2.24, 2.45) is 10.6 Å². The highest BCUT2D eigenvalue weighted by molar-refractivity contribution is 8.01. The lowest BCUT2D eigenvalue weighted by atomic mass is 9.89. The smallest absolute Gasteiger partial charge is 0.313 e. The van der Waals surface area contributed by atoms with Gasteiger partial charge in [-0.2, -0.15) is 0 Å². The van der Waals surface area contributed by atoms with Gasteiger partial charge in [-0.1, -0.05) is 46.5 Å². The number of oxime groups is 1. The number of carbonyl (C=O) groups excluding carboxylic acids is 3. The highest BCUT2D eigenvalue weighted by atomic mass is 32.2. The molecule has 0 saturated carbocycles. The number of rotatable bonds is 11. The number of nitrogens with one attached hydrogen (secondary N) is 2. The molecule has 2 aromatic heterocycles. The fourth-order valence-electron chi connectivity index (χ4n) is 3.92. The van der Waals surface area contributed by atoms with E-state index in [1.54, 1.807) is 35.8 Å². The molecule has 0 bridgehead atoms. The summed E-state index contributed by atoms with van der Waals surface area (Å²) in [6.07, 6.45) is 1.76. The molecule has 2 saturated heterocycles. The minimum atomic E-state index is -1.18. The number of thioether (sulfide) groups is 2. The van der Waals surface area contributed by atoms with E-state index >= 15 is 0 Å². The number of aliphatic carboxylic acids is 1. The first-order valence-corrected chi connectivity index (χ1v) is 14.5. The molecule has 3 N–H and O–H groups in total. The average molecular weight is 601 g/mol. The van der Waals surface area contributed by atoms with Gasteiger partial charge in [0.25, 0.3) is 5.91 Å². The number of nitrogens with zero attached hydrogens (tertiary/aromatic N) is 6. The number of anilines is 1.